The SMILES string of the molecule is CCCCCCCCCCCCCC[CH2][Sn](=[O])[CH2]CCCCCCCCCCCCCC. The Bertz CT molecular complexity index is 323. The average molecular weight is 558 g/mol. The average Bonchev–Trinajstić information content (AvgIpc) is 2.80. The van der Waals surface area contributed by atoms with Crippen LogP contribution in [0.2, 0.25) is 8.87 Å². The Morgan fingerprint density at radius 2 is 0.500 bits per heavy atom. The molecule has 0 radical (unpaired) electrons. The van der Waals surface area contributed by atoms with Crippen LogP contribution in [0, 0.1) is 0 Å². The summed E-state index contributed by atoms with van der Waals surface area (Å²) < 4.78 is 14.6. The van der Waals surface area contributed by atoms with Crippen molar-refractivity contribution in [2.24, 2.45) is 0 Å². The van der Waals surface area contributed by atoms with Gasteiger partial charge < -0.3 is 0 Å². The molecule has 0 aliphatic carbocycles. The molecule has 0 aromatic heterocycles. The van der Waals surface area contributed by atoms with Gasteiger partial charge >= 0.3 is 173 Å². The van der Waals surface area contributed by atoms with Gasteiger partial charge in [-0.3, -0.25) is 0 Å². The van der Waals surface area contributed by atoms with Crippen LogP contribution in [-0.4, -0.2) is 19.7 Å². The van der Waals surface area contributed by atoms with Crippen LogP contribution in [-0.2, 0) is 3.08 Å². The summed E-state index contributed by atoms with van der Waals surface area (Å²) in [5.74, 6) is 0. The van der Waals surface area contributed by atoms with Gasteiger partial charge in [0.05, 0.1) is 0 Å². The minimum absolute atomic E-state index is 1.12. The van der Waals surface area contributed by atoms with Gasteiger partial charge in [0.25, 0.3) is 0 Å². The van der Waals surface area contributed by atoms with E-state index in [2.05, 4.69) is 13.8 Å². The van der Waals surface area contributed by atoms with Crippen molar-refractivity contribution in [2.45, 2.75) is 190 Å². The van der Waals surface area contributed by atoms with E-state index in [1.807, 2.05) is 0 Å². The Labute approximate surface area is 211 Å². The van der Waals surface area contributed by atoms with E-state index in [9.17, 15) is 3.08 Å². The van der Waals surface area contributed by atoms with Gasteiger partial charge in [-0.2, -0.15) is 0 Å². The van der Waals surface area contributed by atoms with E-state index >= 15 is 0 Å². The molecule has 0 heterocycles. The predicted molar refractivity (Wildman–Crippen MR) is 147 cm³/mol. The molecule has 0 rings (SSSR count). The van der Waals surface area contributed by atoms with Crippen LogP contribution in [0.4, 0.5) is 0 Å². The van der Waals surface area contributed by atoms with E-state index in [-0.39, 0.29) is 0 Å². The molecule has 0 saturated heterocycles. The molecule has 0 atom stereocenters. The second-order valence-corrected chi connectivity index (χ2v) is 16.5. The molecule has 0 amide bonds. The Hall–Kier alpha value is 0.599. The third-order valence-electron chi connectivity index (χ3n) is 7.12. The second-order valence-electron chi connectivity index (χ2n) is 10.5. The number of hydrogen-bond acceptors (Lipinski definition) is 1. The van der Waals surface area contributed by atoms with E-state index in [0.29, 0.717) is 0 Å². The van der Waals surface area contributed by atoms with Crippen LogP contribution in [0.1, 0.15) is 181 Å². The molecular formula is C30H62OSn. The molecule has 192 valence electrons. The zero-order valence-corrected chi connectivity index (χ0v) is 25.6. The van der Waals surface area contributed by atoms with E-state index < -0.39 is 19.7 Å². The summed E-state index contributed by atoms with van der Waals surface area (Å²) in [6, 6.07) is 0. The molecule has 0 aliphatic heterocycles. The number of hydrogen-bond donors (Lipinski definition) is 0. The quantitative estimate of drug-likeness (QED) is 0.0691. The molecule has 32 heavy (non-hydrogen) atoms. The summed E-state index contributed by atoms with van der Waals surface area (Å²) in [4.78, 5) is 0. The molecular weight excluding hydrogens is 495 g/mol. The van der Waals surface area contributed by atoms with Crippen molar-refractivity contribution in [2.75, 3.05) is 0 Å². The molecule has 0 N–H and O–H groups in total. The molecule has 0 spiro atoms. The number of rotatable bonds is 28. The Morgan fingerprint density at radius 1 is 0.312 bits per heavy atom. The molecule has 0 bridgehead atoms. The van der Waals surface area contributed by atoms with Crippen LogP contribution < -0.4 is 0 Å². The normalized spacial score (nSPS) is 11.3. The van der Waals surface area contributed by atoms with Gasteiger partial charge in [-0.25, -0.2) is 0 Å². The summed E-state index contributed by atoms with van der Waals surface area (Å²) in [6.07, 6.45) is 36.6. The van der Waals surface area contributed by atoms with E-state index in [1.54, 1.807) is 0 Å². The smallest absolute Gasteiger partial charge is 0.0654 e. The minimum Gasteiger partial charge on any atom is -0.0654 e. The molecule has 0 aromatic carbocycles. The maximum absolute atomic E-state index is 12.3. The van der Waals surface area contributed by atoms with Crippen molar-refractivity contribution >= 4 is 19.7 Å². The first-order valence-corrected chi connectivity index (χ1v) is 20.5. The standard InChI is InChI=1S/2C15H31.O.Sn/c2*1-3-5-7-9-11-13-15-14-12-10-8-6-4-2;;/h2*1,3-15H2,2H3;;. The van der Waals surface area contributed by atoms with Crippen molar-refractivity contribution in [1.29, 1.82) is 0 Å². The zero-order chi connectivity index (χ0) is 23.4. The van der Waals surface area contributed by atoms with Gasteiger partial charge in [0.2, 0.25) is 0 Å². The third kappa shape index (κ3) is 28.6. The van der Waals surface area contributed by atoms with Crippen molar-refractivity contribution in [3.8, 4) is 0 Å². The van der Waals surface area contributed by atoms with Crippen LogP contribution >= 0.6 is 0 Å². The van der Waals surface area contributed by atoms with Gasteiger partial charge in [-0.05, 0) is 0 Å². The topological polar surface area (TPSA) is 17.1 Å². The van der Waals surface area contributed by atoms with Gasteiger partial charge in [-0.1, -0.05) is 39.5 Å². The van der Waals surface area contributed by atoms with Crippen LogP contribution in [0.15, 0.2) is 0 Å². The molecule has 2 heteroatoms. The Morgan fingerprint density at radius 3 is 0.719 bits per heavy atom. The van der Waals surface area contributed by atoms with Crippen molar-refractivity contribution in [3.05, 3.63) is 0 Å². The van der Waals surface area contributed by atoms with Crippen LogP contribution in [0.5, 0.6) is 0 Å². The summed E-state index contributed by atoms with van der Waals surface area (Å²) in [5, 5.41) is 0. The summed E-state index contributed by atoms with van der Waals surface area (Å²) >= 11 is -2.18. The zero-order valence-electron chi connectivity index (χ0n) is 22.7. The van der Waals surface area contributed by atoms with Crippen molar-refractivity contribution < 1.29 is 3.08 Å². The molecule has 0 unspecified atom stereocenters. The predicted octanol–water partition coefficient (Wildman–Crippen LogP) is 11.6. The summed E-state index contributed by atoms with van der Waals surface area (Å²) in [5.41, 5.74) is 0. The molecule has 0 fully saturated rings. The van der Waals surface area contributed by atoms with Gasteiger partial charge in [0, 0.05) is 0 Å². The second kappa shape index (κ2) is 29.6. The Balaban J connectivity index is 3.14. The van der Waals surface area contributed by atoms with Gasteiger partial charge in [0.1, 0.15) is 0 Å². The maximum atomic E-state index is 12.3. The minimum atomic E-state index is -2.18. The van der Waals surface area contributed by atoms with Crippen LogP contribution in [0.25, 0.3) is 0 Å². The molecule has 0 aromatic rings. The summed E-state index contributed by atoms with van der Waals surface area (Å²) in [7, 11) is 0. The van der Waals surface area contributed by atoms with Crippen molar-refractivity contribution in [1.82, 2.24) is 0 Å². The molecule has 0 aliphatic rings. The van der Waals surface area contributed by atoms with E-state index in [0.717, 1.165) is 8.87 Å². The first-order valence-electron chi connectivity index (χ1n) is 15.3. The Kier molecular flexibility index (Phi) is 30.2. The molecule has 1 nitrogen and oxygen atoms in total. The molecule has 0 saturated carbocycles. The van der Waals surface area contributed by atoms with Crippen LogP contribution in [0.3, 0.4) is 0 Å². The fourth-order valence-electron chi connectivity index (χ4n) is 4.80. The van der Waals surface area contributed by atoms with Gasteiger partial charge in [0.15, 0.2) is 0 Å². The monoisotopic (exact) mass is 558 g/mol. The third-order valence-corrected chi connectivity index (χ3v) is 12.3. The van der Waals surface area contributed by atoms with Crippen molar-refractivity contribution in [3.63, 3.8) is 0 Å². The first-order chi connectivity index (χ1) is 15.8. The van der Waals surface area contributed by atoms with E-state index in [4.69, 9.17) is 0 Å². The fourth-order valence-corrected chi connectivity index (χ4v) is 9.20. The fraction of sp³-hybridized carbons (Fsp3) is 1.00. The number of unbranched alkanes of at least 4 members (excludes halogenated alkanes) is 24. The summed E-state index contributed by atoms with van der Waals surface area (Å²) in [6.45, 7) is 4.58. The van der Waals surface area contributed by atoms with E-state index in [1.165, 1.54) is 167 Å². The van der Waals surface area contributed by atoms with Gasteiger partial charge in [-0.15, -0.1) is 0 Å². The first kappa shape index (κ1) is 32.6.